The lowest BCUT2D eigenvalue weighted by atomic mass is 10.1. The normalized spacial score (nSPS) is 17.3. The molecule has 0 bridgehead atoms. The molecule has 0 rings (SSSR count). The van der Waals surface area contributed by atoms with Crippen molar-refractivity contribution in [2.45, 2.75) is 58.9 Å². The molecule has 0 aromatic rings. The Hall–Kier alpha value is -0.263. The third kappa shape index (κ3) is 3.47. The van der Waals surface area contributed by atoms with Crippen LogP contribution in [0.1, 0.15) is 34.6 Å². The Labute approximate surface area is 90.4 Å². The topological polar surface area (TPSA) is 9.23 Å². The van der Waals surface area contributed by atoms with E-state index in [1.54, 1.807) is 0 Å². The van der Waals surface area contributed by atoms with Crippen molar-refractivity contribution >= 4 is 8.32 Å². The van der Waals surface area contributed by atoms with Gasteiger partial charge < -0.3 is 4.43 Å². The van der Waals surface area contributed by atoms with Crippen molar-refractivity contribution < 1.29 is 4.43 Å². The van der Waals surface area contributed by atoms with Gasteiger partial charge in [0.1, 0.15) is 0 Å². The summed E-state index contributed by atoms with van der Waals surface area (Å²) in [5.41, 5.74) is 0. The summed E-state index contributed by atoms with van der Waals surface area (Å²) in [5, 5.41) is 0.260. The first-order valence-electron chi connectivity index (χ1n) is 5.26. The minimum atomic E-state index is -1.64. The maximum absolute atomic E-state index is 6.15. The fourth-order valence-corrected chi connectivity index (χ4v) is 2.37. The molecule has 0 aliphatic carbocycles. The highest BCUT2D eigenvalue weighted by molar-refractivity contribution is 6.74. The first-order valence-corrected chi connectivity index (χ1v) is 8.16. The quantitative estimate of drug-likeness (QED) is 0.512. The Morgan fingerprint density at radius 2 is 1.64 bits per heavy atom. The van der Waals surface area contributed by atoms with Crippen molar-refractivity contribution in [3.05, 3.63) is 0 Å². The van der Waals surface area contributed by atoms with Crippen LogP contribution < -0.4 is 0 Å². The molecule has 0 saturated heterocycles. The van der Waals surface area contributed by atoms with Crippen LogP contribution in [-0.2, 0) is 4.43 Å². The molecule has 0 radical (unpaired) electrons. The second kappa shape index (κ2) is 4.50. The summed E-state index contributed by atoms with van der Waals surface area (Å²) >= 11 is 0. The molecular weight excluding hydrogens is 188 g/mol. The molecule has 0 N–H and O–H groups in total. The molecule has 0 aromatic heterocycles. The highest BCUT2D eigenvalue weighted by Gasteiger charge is 2.38. The highest BCUT2D eigenvalue weighted by atomic mass is 28.4. The lowest BCUT2D eigenvalue weighted by Gasteiger charge is -2.39. The van der Waals surface area contributed by atoms with Crippen LogP contribution in [0.3, 0.4) is 0 Å². The van der Waals surface area contributed by atoms with Gasteiger partial charge in [-0.05, 0) is 32.0 Å². The summed E-state index contributed by atoms with van der Waals surface area (Å²) < 4.78 is 6.15. The molecule has 0 aliphatic rings. The zero-order chi connectivity index (χ0) is 11.6. The van der Waals surface area contributed by atoms with Crippen molar-refractivity contribution in [3.63, 3.8) is 0 Å². The second-order valence-corrected chi connectivity index (χ2v) is 10.3. The molecule has 0 aliphatic heterocycles. The molecule has 0 saturated carbocycles. The molecule has 14 heavy (non-hydrogen) atoms. The molecule has 1 unspecified atom stereocenters. The predicted octanol–water partition coefficient (Wildman–Crippen LogP) is 3.67. The lowest BCUT2D eigenvalue weighted by molar-refractivity contribution is 0.167. The number of rotatable bonds is 3. The monoisotopic (exact) mass is 212 g/mol. The van der Waals surface area contributed by atoms with Gasteiger partial charge in [-0.3, -0.25) is 0 Å². The van der Waals surface area contributed by atoms with Gasteiger partial charge in [-0.25, -0.2) is 0 Å². The van der Waals surface area contributed by atoms with Crippen molar-refractivity contribution in [1.29, 1.82) is 0 Å². The summed E-state index contributed by atoms with van der Waals surface area (Å²) in [4.78, 5) is 0. The zero-order valence-electron chi connectivity index (χ0n) is 10.6. The number of hydrogen-bond acceptors (Lipinski definition) is 1. The average molecular weight is 212 g/mol. The van der Waals surface area contributed by atoms with Crippen LogP contribution in [0.2, 0.25) is 18.1 Å². The van der Waals surface area contributed by atoms with E-state index >= 15 is 0 Å². The Kier molecular flexibility index (Phi) is 4.42. The molecular formula is C12H24OSi. The summed E-state index contributed by atoms with van der Waals surface area (Å²) in [7, 11) is -1.64. The van der Waals surface area contributed by atoms with Gasteiger partial charge in [-0.1, -0.05) is 20.8 Å². The van der Waals surface area contributed by atoms with E-state index in [1.807, 2.05) is 6.92 Å². The molecule has 0 amide bonds. The minimum absolute atomic E-state index is 0.167. The molecule has 2 atom stereocenters. The van der Waals surface area contributed by atoms with Crippen LogP contribution >= 0.6 is 0 Å². The maximum atomic E-state index is 6.15. The third-order valence-electron chi connectivity index (χ3n) is 3.25. The molecule has 82 valence electrons. The molecule has 0 fully saturated rings. The lowest BCUT2D eigenvalue weighted by Crippen LogP contribution is -2.44. The van der Waals surface area contributed by atoms with Crippen LogP contribution in [0.25, 0.3) is 0 Å². The van der Waals surface area contributed by atoms with Gasteiger partial charge in [0.25, 0.3) is 0 Å². The largest absolute Gasteiger partial charge is 0.413 e. The van der Waals surface area contributed by atoms with E-state index in [1.165, 1.54) is 0 Å². The fraction of sp³-hybridized carbons (Fsp3) is 0.833. The van der Waals surface area contributed by atoms with Gasteiger partial charge in [0.2, 0.25) is 0 Å². The van der Waals surface area contributed by atoms with Crippen LogP contribution in [0, 0.1) is 18.3 Å². The predicted molar refractivity (Wildman–Crippen MR) is 65.7 cm³/mol. The number of terminal acetylenes is 1. The summed E-state index contributed by atoms with van der Waals surface area (Å²) in [5.74, 6) is 2.93. The zero-order valence-corrected chi connectivity index (χ0v) is 11.6. The maximum Gasteiger partial charge on any atom is 0.192 e. The molecule has 2 heteroatoms. The SMILES string of the molecule is C#C[C@@H](C)C(C)O[Si](C)(C)C(C)(C)C. The Morgan fingerprint density at radius 3 is 1.93 bits per heavy atom. The van der Waals surface area contributed by atoms with Gasteiger partial charge in [-0.15, -0.1) is 12.3 Å². The van der Waals surface area contributed by atoms with E-state index in [0.717, 1.165) is 0 Å². The van der Waals surface area contributed by atoms with Gasteiger partial charge in [0.15, 0.2) is 8.32 Å². The van der Waals surface area contributed by atoms with Crippen LogP contribution in [0.4, 0.5) is 0 Å². The Bertz CT molecular complexity index is 219. The van der Waals surface area contributed by atoms with E-state index in [-0.39, 0.29) is 17.1 Å². The molecule has 1 nitrogen and oxygen atoms in total. The van der Waals surface area contributed by atoms with E-state index in [9.17, 15) is 0 Å². The first-order chi connectivity index (χ1) is 6.12. The average Bonchev–Trinajstić information content (AvgIpc) is 2.00. The fourth-order valence-electron chi connectivity index (χ4n) is 0.879. The van der Waals surface area contributed by atoms with Crippen LogP contribution in [-0.4, -0.2) is 14.4 Å². The second-order valence-electron chi connectivity index (χ2n) is 5.54. The Balaban J connectivity index is 4.46. The van der Waals surface area contributed by atoms with E-state index < -0.39 is 8.32 Å². The Morgan fingerprint density at radius 1 is 1.21 bits per heavy atom. The van der Waals surface area contributed by atoms with Crippen molar-refractivity contribution in [2.75, 3.05) is 0 Å². The molecule has 0 spiro atoms. The summed E-state index contributed by atoms with van der Waals surface area (Å²) in [6.07, 6.45) is 5.55. The minimum Gasteiger partial charge on any atom is -0.413 e. The standard InChI is InChI=1S/C12H24OSi/c1-9-10(2)11(3)13-14(7,8)12(4,5)6/h1,10-11H,2-8H3/t10-,11?/m1/s1. The van der Waals surface area contributed by atoms with Gasteiger partial charge in [0, 0.05) is 5.92 Å². The van der Waals surface area contributed by atoms with Gasteiger partial charge >= 0.3 is 0 Å². The molecule has 0 heterocycles. The number of hydrogen-bond donors (Lipinski definition) is 0. The summed E-state index contributed by atoms with van der Waals surface area (Å²) in [6.45, 7) is 15.4. The van der Waals surface area contributed by atoms with E-state index in [4.69, 9.17) is 10.8 Å². The first kappa shape index (κ1) is 13.7. The summed E-state index contributed by atoms with van der Waals surface area (Å²) in [6, 6.07) is 0. The smallest absolute Gasteiger partial charge is 0.192 e. The van der Waals surface area contributed by atoms with Crippen molar-refractivity contribution in [1.82, 2.24) is 0 Å². The van der Waals surface area contributed by atoms with Crippen LogP contribution in [0.15, 0.2) is 0 Å². The van der Waals surface area contributed by atoms with Crippen molar-refractivity contribution in [2.24, 2.45) is 5.92 Å². The third-order valence-corrected chi connectivity index (χ3v) is 7.83. The van der Waals surface area contributed by atoms with Crippen molar-refractivity contribution in [3.8, 4) is 12.3 Å². The van der Waals surface area contributed by atoms with Gasteiger partial charge in [0.05, 0.1) is 6.10 Å². The highest BCUT2D eigenvalue weighted by Crippen LogP contribution is 2.37. The van der Waals surface area contributed by atoms with Gasteiger partial charge in [-0.2, -0.15) is 0 Å². The molecule has 0 aromatic carbocycles. The van der Waals surface area contributed by atoms with E-state index in [0.29, 0.717) is 0 Å². The van der Waals surface area contributed by atoms with E-state index in [2.05, 4.69) is 46.7 Å². The van der Waals surface area contributed by atoms with Crippen LogP contribution in [0.5, 0.6) is 0 Å².